The van der Waals surface area contributed by atoms with Gasteiger partial charge in [-0.05, 0) is 42.8 Å². The quantitative estimate of drug-likeness (QED) is 0.621. The third-order valence-electron chi connectivity index (χ3n) is 6.49. The van der Waals surface area contributed by atoms with Crippen LogP contribution in [0.15, 0.2) is 42.5 Å². The molecule has 0 saturated carbocycles. The molecule has 2 aliphatic rings. The first-order valence-electron chi connectivity index (χ1n) is 10.7. The molecule has 2 aliphatic heterocycles. The summed E-state index contributed by atoms with van der Waals surface area (Å²) in [5, 5.41) is 8.98. The van der Waals surface area contributed by atoms with Crippen LogP contribution in [0.25, 0.3) is 0 Å². The highest BCUT2D eigenvalue weighted by Gasteiger charge is 2.61. The molecule has 11 heteroatoms. The maximum atomic E-state index is 14.7. The number of piperazine rings is 1. The number of likely N-dealkylation sites (tertiary alicyclic amines) is 1. The number of anilines is 1. The second-order valence-corrected chi connectivity index (χ2v) is 8.64. The number of rotatable bonds is 3. The van der Waals surface area contributed by atoms with Crippen LogP contribution >= 0.6 is 0 Å². The number of nitriles is 1. The van der Waals surface area contributed by atoms with E-state index < -0.39 is 47.5 Å². The van der Waals surface area contributed by atoms with Crippen LogP contribution in [0, 0.1) is 17.1 Å². The van der Waals surface area contributed by atoms with Gasteiger partial charge >= 0.3 is 6.18 Å². The van der Waals surface area contributed by atoms with Gasteiger partial charge in [0.25, 0.3) is 5.91 Å². The molecule has 0 radical (unpaired) electrons. The summed E-state index contributed by atoms with van der Waals surface area (Å²) in [5.41, 5.74) is -2.12. The molecule has 2 aromatic carbocycles. The minimum absolute atomic E-state index is 0.0423. The molecule has 0 aromatic heterocycles. The second kappa shape index (κ2) is 8.37. The van der Waals surface area contributed by atoms with E-state index in [9.17, 15) is 31.9 Å². The fraction of sp³-hybridized carbons (Fsp3) is 0.333. The lowest BCUT2D eigenvalue weighted by atomic mass is 9.81. The Morgan fingerprint density at radius 2 is 1.74 bits per heavy atom. The van der Waals surface area contributed by atoms with E-state index in [0.29, 0.717) is 5.56 Å². The number of halogens is 4. The largest absolute Gasteiger partial charge is 0.416 e. The first-order chi connectivity index (χ1) is 16.4. The topological polar surface area (TPSA) is 84.7 Å². The predicted molar refractivity (Wildman–Crippen MR) is 115 cm³/mol. The highest BCUT2D eigenvalue weighted by atomic mass is 19.4. The Labute approximate surface area is 198 Å². The maximum Gasteiger partial charge on any atom is 0.416 e. The number of hydrogen-bond donors (Lipinski definition) is 0. The van der Waals surface area contributed by atoms with E-state index in [1.807, 2.05) is 0 Å². The molecule has 2 heterocycles. The molecule has 35 heavy (non-hydrogen) atoms. The summed E-state index contributed by atoms with van der Waals surface area (Å²) in [6, 6.07) is 8.80. The van der Waals surface area contributed by atoms with Crippen LogP contribution in [-0.2, 0) is 20.6 Å². The van der Waals surface area contributed by atoms with E-state index in [1.54, 1.807) is 13.0 Å². The van der Waals surface area contributed by atoms with Gasteiger partial charge < -0.3 is 9.80 Å². The number of carbonyl (C=O) groups is 3. The lowest BCUT2D eigenvalue weighted by Gasteiger charge is -2.59. The van der Waals surface area contributed by atoms with Crippen molar-refractivity contribution >= 4 is 23.4 Å². The Morgan fingerprint density at radius 1 is 1.11 bits per heavy atom. The standard InChI is InChI=1S/C24H20F4N4O3/c1-14(17-4-6-18(7-5-17)24(26,27)28)32-21(34)11-31(20-8-3-16(10-29)9-19(20)25)22(35)23(32)12-30(13-23)15(2)33/h3-9,14H,11-13H2,1-2H3/t14-/m0/s1. The van der Waals surface area contributed by atoms with Crippen molar-refractivity contribution in [3.05, 3.63) is 65.0 Å². The molecule has 182 valence electrons. The van der Waals surface area contributed by atoms with E-state index >= 15 is 0 Å². The summed E-state index contributed by atoms with van der Waals surface area (Å²) >= 11 is 0. The van der Waals surface area contributed by atoms with Gasteiger partial charge in [0, 0.05) is 6.92 Å². The smallest absolute Gasteiger partial charge is 0.337 e. The van der Waals surface area contributed by atoms with Crippen LogP contribution in [0.2, 0.25) is 0 Å². The highest BCUT2D eigenvalue weighted by Crippen LogP contribution is 2.41. The fourth-order valence-corrected chi connectivity index (χ4v) is 4.65. The molecule has 0 N–H and O–H groups in total. The molecule has 1 atom stereocenters. The number of carbonyl (C=O) groups excluding carboxylic acids is 3. The van der Waals surface area contributed by atoms with E-state index in [0.717, 1.165) is 23.1 Å². The highest BCUT2D eigenvalue weighted by molar-refractivity contribution is 6.11. The van der Waals surface area contributed by atoms with Crippen molar-refractivity contribution in [2.24, 2.45) is 0 Å². The molecule has 7 nitrogen and oxygen atoms in total. The number of amides is 3. The van der Waals surface area contributed by atoms with Gasteiger partial charge in [0.2, 0.25) is 11.8 Å². The van der Waals surface area contributed by atoms with Crippen LogP contribution in [0.5, 0.6) is 0 Å². The Balaban J connectivity index is 1.72. The average Bonchev–Trinajstić information content (AvgIpc) is 2.77. The summed E-state index contributed by atoms with van der Waals surface area (Å²) in [5.74, 6) is -2.34. The minimum atomic E-state index is -4.53. The van der Waals surface area contributed by atoms with Gasteiger partial charge in [0.05, 0.1) is 42.0 Å². The van der Waals surface area contributed by atoms with Crippen molar-refractivity contribution in [3.63, 3.8) is 0 Å². The zero-order chi connectivity index (χ0) is 25.7. The molecule has 4 rings (SSSR count). The first-order valence-corrected chi connectivity index (χ1v) is 10.7. The molecular formula is C24H20F4N4O3. The molecular weight excluding hydrogens is 468 g/mol. The van der Waals surface area contributed by atoms with Gasteiger partial charge in [0.1, 0.15) is 12.4 Å². The van der Waals surface area contributed by atoms with Crippen molar-refractivity contribution in [3.8, 4) is 6.07 Å². The van der Waals surface area contributed by atoms with Gasteiger partial charge in [-0.2, -0.15) is 18.4 Å². The molecule has 0 bridgehead atoms. The molecule has 2 fully saturated rings. The fourth-order valence-electron chi connectivity index (χ4n) is 4.65. The third kappa shape index (κ3) is 3.99. The third-order valence-corrected chi connectivity index (χ3v) is 6.49. The van der Waals surface area contributed by atoms with E-state index in [1.165, 1.54) is 41.0 Å². The number of benzene rings is 2. The van der Waals surface area contributed by atoms with Crippen molar-refractivity contribution < 1.29 is 31.9 Å². The van der Waals surface area contributed by atoms with Gasteiger partial charge in [0.15, 0.2) is 5.54 Å². The number of alkyl halides is 3. The van der Waals surface area contributed by atoms with Crippen molar-refractivity contribution in [1.29, 1.82) is 5.26 Å². The molecule has 3 amide bonds. The van der Waals surface area contributed by atoms with Crippen molar-refractivity contribution in [1.82, 2.24) is 9.80 Å². The minimum Gasteiger partial charge on any atom is -0.337 e. The SMILES string of the molecule is CC(=O)N1CC2(C1)C(=O)N(c1ccc(C#N)cc1F)CC(=O)N2[C@@H](C)c1ccc(C(F)(F)F)cc1. The van der Waals surface area contributed by atoms with Gasteiger partial charge in [-0.1, -0.05) is 12.1 Å². The van der Waals surface area contributed by atoms with Gasteiger partial charge in [-0.25, -0.2) is 4.39 Å². The zero-order valence-electron chi connectivity index (χ0n) is 18.8. The summed E-state index contributed by atoms with van der Waals surface area (Å²) < 4.78 is 53.7. The lowest BCUT2D eigenvalue weighted by molar-refractivity contribution is -0.172. The second-order valence-electron chi connectivity index (χ2n) is 8.64. The van der Waals surface area contributed by atoms with Crippen molar-refractivity contribution in [2.75, 3.05) is 24.5 Å². The maximum absolute atomic E-state index is 14.7. The number of hydrogen-bond acceptors (Lipinski definition) is 4. The summed E-state index contributed by atoms with van der Waals surface area (Å²) in [6.07, 6.45) is -4.53. The van der Waals surface area contributed by atoms with Crippen molar-refractivity contribution in [2.45, 2.75) is 31.6 Å². The Bertz CT molecular complexity index is 1250. The van der Waals surface area contributed by atoms with Crippen LogP contribution in [-0.4, -0.2) is 52.7 Å². The lowest BCUT2D eigenvalue weighted by Crippen LogP contribution is -2.81. The van der Waals surface area contributed by atoms with E-state index in [-0.39, 0.29) is 30.2 Å². The molecule has 0 aliphatic carbocycles. The van der Waals surface area contributed by atoms with Crippen LogP contribution in [0.4, 0.5) is 23.2 Å². The summed E-state index contributed by atoms with van der Waals surface area (Å²) in [4.78, 5) is 42.6. The van der Waals surface area contributed by atoms with Crippen LogP contribution in [0.1, 0.15) is 36.6 Å². The van der Waals surface area contributed by atoms with Gasteiger partial charge in [-0.3, -0.25) is 19.3 Å². The summed E-state index contributed by atoms with van der Waals surface area (Å²) in [6.45, 7) is 2.13. The molecule has 2 saturated heterocycles. The van der Waals surface area contributed by atoms with E-state index in [4.69, 9.17) is 5.26 Å². The van der Waals surface area contributed by atoms with Crippen LogP contribution < -0.4 is 4.90 Å². The monoisotopic (exact) mass is 488 g/mol. The van der Waals surface area contributed by atoms with Gasteiger partial charge in [-0.15, -0.1) is 0 Å². The predicted octanol–water partition coefficient (Wildman–Crippen LogP) is 3.25. The summed E-state index contributed by atoms with van der Waals surface area (Å²) in [7, 11) is 0. The molecule has 2 aromatic rings. The Kier molecular flexibility index (Phi) is 5.79. The zero-order valence-corrected chi connectivity index (χ0v) is 18.8. The molecule has 0 unspecified atom stereocenters. The molecule has 1 spiro atoms. The van der Waals surface area contributed by atoms with E-state index in [2.05, 4.69) is 0 Å². The first kappa shape index (κ1) is 24.2. The Morgan fingerprint density at radius 3 is 2.26 bits per heavy atom. The number of nitrogens with zero attached hydrogens (tertiary/aromatic N) is 4. The average molecular weight is 488 g/mol. The normalized spacial score (nSPS) is 18.4. The Hall–Kier alpha value is -3.94. The van der Waals surface area contributed by atoms with Crippen LogP contribution in [0.3, 0.4) is 0 Å².